The van der Waals surface area contributed by atoms with E-state index in [0.29, 0.717) is 17.6 Å². The third kappa shape index (κ3) is 2.91. The van der Waals surface area contributed by atoms with Gasteiger partial charge >= 0.3 is 0 Å². The number of fused-ring (bicyclic) bond motifs is 2. The maximum atomic E-state index is 10.1. The van der Waals surface area contributed by atoms with E-state index in [1.807, 2.05) is 12.3 Å². The van der Waals surface area contributed by atoms with Gasteiger partial charge in [0.25, 0.3) is 0 Å². The first-order valence-corrected chi connectivity index (χ1v) is 10.1. The second kappa shape index (κ2) is 6.77. The summed E-state index contributed by atoms with van der Waals surface area (Å²) >= 11 is 7.19. The molecule has 2 N–H and O–H groups in total. The molecule has 1 aliphatic carbocycles. The molecule has 1 aliphatic heterocycles. The molecular weight excluding hydrogens is 432 g/mol. The van der Waals surface area contributed by atoms with Crippen LogP contribution in [0.5, 0.6) is 5.75 Å². The molecule has 1 aromatic heterocycles. The Morgan fingerprint density at radius 2 is 1.92 bits per heavy atom. The number of pyridine rings is 1. The number of rotatable bonds is 1. The number of aromatic hydroxyl groups is 1. The minimum Gasteiger partial charge on any atom is -0.507 e. The zero-order chi connectivity index (χ0) is 16.7. The number of piperidine rings is 1. The van der Waals surface area contributed by atoms with E-state index in [2.05, 4.69) is 49.3 Å². The lowest BCUT2D eigenvalue weighted by Crippen LogP contribution is -2.32. The van der Waals surface area contributed by atoms with Gasteiger partial charge in [-0.1, -0.05) is 6.07 Å². The van der Waals surface area contributed by atoms with E-state index in [-0.39, 0.29) is 0 Å². The smallest absolute Gasteiger partial charge is 0.130 e. The van der Waals surface area contributed by atoms with Crippen molar-refractivity contribution in [3.8, 4) is 5.75 Å². The number of phenolic OH excluding ortho intramolecular Hbond substituents is 1. The molecule has 0 radical (unpaired) electrons. The van der Waals surface area contributed by atoms with Crippen LogP contribution in [0.4, 0.5) is 0 Å². The van der Waals surface area contributed by atoms with Gasteiger partial charge in [-0.25, -0.2) is 0 Å². The fourth-order valence-electron chi connectivity index (χ4n) is 4.20. The van der Waals surface area contributed by atoms with Crippen molar-refractivity contribution in [2.75, 3.05) is 13.1 Å². The molecule has 1 aromatic carbocycles. The zero-order valence-electron chi connectivity index (χ0n) is 13.4. The molecule has 1 saturated heterocycles. The van der Waals surface area contributed by atoms with Crippen molar-refractivity contribution in [3.63, 3.8) is 0 Å². The van der Waals surface area contributed by atoms with Crippen LogP contribution in [0.3, 0.4) is 0 Å². The molecule has 1 atom stereocenters. The van der Waals surface area contributed by atoms with Crippen molar-refractivity contribution in [3.05, 3.63) is 55.7 Å². The molecule has 1 unspecified atom stereocenters. The molecule has 2 aliphatic rings. The number of phenols is 1. The van der Waals surface area contributed by atoms with Gasteiger partial charge in [0.05, 0.1) is 10.2 Å². The highest BCUT2D eigenvalue weighted by Gasteiger charge is 2.33. The lowest BCUT2D eigenvalue weighted by Gasteiger charge is -2.32. The normalized spacial score (nSPS) is 21.0. The fraction of sp³-hybridized carbons (Fsp3) is 0.421. The number of hydrogen-bond acceptors (Lipinski definition) is 3. The quantitative estimate of drug-likeness (QED) is 0.668. The fourth-order valence-corrected chi connectivity index (χ4v) is 5.14. The predicted octanol–water partition coefficient (Wildman–Crippen LogP) is 4.54. The maximum Gasteiger partial charge on any atom is 0.130 e. The van der Waals surface area contributed by atoms with E-state index < -0.39 is 0 Å². The first-order chi connectivity index (χ1) is 11.6. The van der Waals surface area contributed by atoms with Crippen molar-refractivity contribution >= 4 is 31.9 Å². The van der Waals surface area contributed by atoms with E-state index >= 15 is 0 Å². The summed E-state index contributed by atoms with van der Waals surface area (Å²) in [6.45, 7) is 2.14. The molecule has 2 aromatic rings. The predicted molar refractivity (Wildman–Crippen MR) is 103 cm³/mol. The second-order valence-electron chi connectivity index (χ2n) is 6.73. The summed E-state index contributed by atoms with van der Waals surface area (Å²) in [5.41, 5.74) is 5.13. The van der Waals surface area contributed by atoms with Crippen LogP contribution in [0.15, 0.2) is 33.3 Å². The Morgan fingerprint density at radius 1 is 1.12 bits per heavy atom. The Kier molecular flexibility index (Phi) is 4.67. The number of nitrogens with one attached hydrogen (secondary N) is 1. The van der Waals surface area contributed by atoms with Gasteiger partial charge in [0.1, 0.15) is 5.75 Å². The number of halogens is 2. The number of nitrogens with zero attached hydrogens (tertiary/aromatic N) is 1. The standard InChI is InChI=1S/C19H20Br2N2O/c20-13-9-12-1-2-15-14(3-4-16(24)18(15)21)17(19(12)23-10-13)11-5-7-22-8-6-11/h3-4,9-11,17,22,24H,1-2,5-8H2. The van der Waals surface area contributed by atoms with Crippen molar-refractivity contribution in [1.82, 2.24) is 10.3 Å². The Hall–Kier alpha value is -0.910. The third-order valence-corrected chi connectivity index (χ3v) is 6.67. The first kappa shape index (κ1) is 16.6. The molecule has 0 saturated carbocycles. The van der Waals surface area contributed by atoms with Gasteiger partial charge in [0.15, 0.2) is 0 Å². The molecule has 0 spiro atoms. The molecule has 5 heteroatoms. The number of aromatic nitrogens is 1. The third-order valence-electron chi connectivity index (χ3n) is 5.36. The van der Waals surface area contributed by atoms with Crippen molar-refractivity contribution in [2.24, 2.45) is 5.92 Å². The molecule has 4 rings (SSSR count). The Morgan fingerprint density at radius 3 is 2.71 bits per heavy atom. The minimum absolute atomic E-state index is 0.310. The van der Waals surface area contributed by atoms with Crippen LogP contribution < -0.4 is 5.32 Å². The monoisotopic (exact) mass is 450 g/mol. The first-order valence-electron chi connectivity index (χ1n) is 8.50. The summed E-state index contributed by atoms with van der Waals surface area (Å²) < 4.78 is 1.89. The largest absolute Gasteiger partial charge is 0.507 e. The summed E-state index contributed by atoms with van der Waals surface area (Å²) in [6, 6.07) is 6.15. The van der Waals surface area contributed by atoms with Crippen molar-refractivity contribution < 1.29 is 5.11 Å². The second-order valence-corrected chi connectivity index (χ2v) is 8.44. The Labute approximate surface area is 159 Å². The van der Waals surface area contributed by atoms with Gasteiger partial charge in [-0.05, 0) is 105 Å². The van der Waals surface area contributed by atoms with Crippen molar-refractivity contribution in [2.45, 2.75) is 31.6 Å². The van der Waals surface area contributed by atoms with E-state index in [9.17, 15) is 5.11 Å². The Balaban J connectivity index is 1.90. The summed E-state index contributed by atoms with van der Waals surface area (Å²) in [6.07, 6.45) is 6.14. The highest BCUT2D eigenvalue weighted by molar-refractivity contribution is 9.10. The van der Waals surface area contributed by atoms with Gasteiger partial charge in [-0.3, -0.25) is 4.98 Å². The van der Waals surface area contributed by atoms with Gasteiger partial charge in [-0.15, -0.1) is 0 Å². The lowest BCUT2D eigenvalue weighted by molar-refractivity contribution is 0.338. The molecular formula is C19H20Br2N2O. The average Bonchev–Trinajstić information content (AvgIpc) is 2.76. The van der Waals surface area contributed by atoms with E-state index in [1.54, 1.807) is 0 Å². The Bertz CT molecular complexity index is 772. The topological polar surface area (TPSA) is 45.2 Å². The van der Waals surface area contributed by atoms with Crippen LogP contribution in [-0.4, -0.2) is 23.2 Å². The van der Waals surface area contributed by atoms with Crippen molar-refractivity contribution in [1.29, 1.82) is 0 Å². The van der Waals surface area contributed by atoms with Gasteiger partial charge in [0.2, 0.25) is 0 Å². The average molecular weight is 452 g/mol. The van der Waals surface area contributed by atoms with Gasteiger partial charge in [0, 0.05) is 16.6 Å². The maximum absolute atomic E-state index is 10.1. The molecule has 0 bridgehead atoms. The number of hydrogen-bond donors (Lipinski definition) is 2. The molecule has 126 valence electrons. The summed E-state index contributed by atoms with van der Waals surface area (Å²) in [4.78, 5) is 4.84. The van der Waals surface area contributed by atoms with E-state index in [4.69, 9.17) is 4.98 Å². The highest BCUT2D eigenvalue weighted by Crippen LogP contribution is 2.45. The molecule has 1 fully saturated rings. The van der Waals surface area contributed by atoms with E-state index in [1.165, 1.54) is 35.2 Å². The summed E-state index contributed by atoms with van der Waals surface area (Å²) in [5.74, 6) is 1.23. The summed E-state index contributed by atoms with van der Waals surface area (Å²) in [7, 11) is 0. The summed E-state index contributed by atoms with van der Waals surface area (Å²) in [5, 5.41) is 13.6. The molecule has 3 nitrogen and oxygen atoms in total. The molecule has 0 amide bonds. The van der Waals surface area contributed by atoms with Gasteiger partial charge < -0.3 is 10.4 Å². The molecule has 2 heterocycles. The van der Waals surface area contributed by atoms with Crippen LogP contribution in [0.1, 0.15) is 41.1 Å². The SMILES string of the molecule is Oc1ccc2c(c1Br)CCc1cc(Br)cnc1C2C1CCNCC1. The van der Waals surface area contributed by atoms with Crippen LogP contribution in [0.25, 0.3) is 0 Å². The van der Waals surface area contributed by atoms with Crippen LogP contribution in [0, 0.1) is 5.92 Å². The molecule has 24 heavy (non-hydrogen) atoms. The zero-order valence-corrected chi connectivity index (χ0v) is 16.5. The van der Waals surface area contributed by atoms with Crippen LogP contribution in [0.2, 0.25) is 0 Å². The van der Waals surface area contributed by atoms with Crippen LogP contribution in [-0.2, 0) is 12.8 Å². The minimum atomic E-state index is 0.310. The number of aryl methyl sites for hydroxylation is 1. The highest BCUT2D eigenvalue weighted by atomic mass is 79.9. The number of benzene rings is 1. The van der Waals surface area contributed by atoms with Gasteiger partial charge in [-0.2, -0.15) is 0 Å². The van der Waals surface area contributed by atoms with Crippen LogP contribution >= 0.6 is 31.9 Å². The van der Waals surface area contributed by atoms with E-state index in [0.717, 1.165) is 34.9 Å². The lowest BCUT2D eigenvalue weighted by atomic mass is 9.77.